The van der Waals surface area contributed by atoms with Crippen LogP contribution in [0.25, 0.3) is 0 Å². The summed E-state index contributed by atoms with van der Waals surface area (Å²) < 4.78 is 13.0. The van der Waals surface area contributed by atoms with Crippen LogP contribution < -0.4 is 10.6 Å². The SMILES string of the molecule is CNC1CCC(Nc2ccc(F)cc2[N+](=O)[O-])CC1. The van der Waals surface area contributed by atoms with Gasteiger partial charge in [0.2, 0.25) is 0 Å². The van der Waals surface area contributed by atoms with Gasteiger partial charge in [-0.25, -0.2) is 4.39 Å². The highest BCUT2D eigenvalue weighted by molar-refractivity contribution is 5.61. The van der Waals surface area contributed by atoms with Crippen molar-refractivity contribution in [3.05, 3.63) is 34.1 Å². The van der Waals surface area contributed by atoms with Gasteiger partial charge < -0.3 is 10.6 Å². The van der Waals surface area contributed by atoms with Crippen LogP contribution in [0.3, 0.4) is 0 Å². The number of rotatable bonds is 4. The van der Waals surface area contributed by atoms with Crippen molar-refractivity contribution in [2.45, 2.75) is 37.8 Å². The van der Waals surface area contributed by atoms with E-state index in [1.807, 2.05) is 7.05 Å². The number of nitrogens with zero attached hydrogens (tertiary/aromatic N) is 1. The maximum atomic E-state index is 13.0. The van der Waals surface area contributed by atoms with Gasteiger partial charge in [-0.15, -0.1) is 0 Å². The normalized spacial score (nSPS) is 23.1. The minimum absolute atomic E-state index is 0.198. The molecule has 1 aliphatic rings. The van der Waals surface area contributed by atoms with Gasteiger partial charge in [-0.05, 0) is 44.9 Å². The van der Waals surface area contributed by atoms with Crippen molar-refractivity contribution in [3.8, 4) is 0 Å². The fourth-order valence-corrected chi connectivity index (χ4v) is 2.52. The van der Waals surface area contributed by atoms with Gasteiger partial charge >= 0.3 is 0 Å². The Bertz CT molecular complexity index is 459. The van der Waals surface area contributed by atoms with E-state index < -0.39 is 10.7 Å². The van der Waals surface area contributed by atoms with Gasteiger partial charge in [-0.3, -0.25) is 10.1 Å². The lowest BCUT2D eigenvalue weighted by Gasteiger charge is -2.29. The fourth-order valence-electron chi connectivity index (χ4n) is 2.52. The molecular formula is C13H18FN3O2. The predicted octanol–water partition coefficient (Wildman–Crippen LogP) is 2.68. The van der Waals surface area contributed by atoms with E-state index in [1.165, 1.54) is 12.1 Å². The standard InChI is InChI=1S/C13H18FN3O2/c1-15-10-3-5-11(6-4-10)16-12-7-2-9(14)8-13(12)17(18)19/h2,7-8,10-11,15-16H,3-6H2,1H3. The number of anilines is 1. The van der Waals surface area contributed by atoms with Gasteiger partial charge in [-0.1, -0.05) is 0 Å². The molecule has 0 aromatic heterocycles. The first-order chi connectivity index (χ1) is 9.10. The van der Waals surface area contributed by atoms with Gasteiger partial charge in [0, 0.05) is 12.1 Å². The number of nitrogens with one attached hydrogen (secondary N) is 2. The Balaban J connectivity index is 2.05. The zero-order valence-electron chi connectivity index (χ0n) is 10.9. The Labute approximate surface area is 111 Å². The van der Waals surface area contributed by atoms with Gasteiger partial charge in [0.25, 0.3) is 5.69 Å². The highest BCUT2D eigenvalue weighted by atomic mass is 19.1. The fraction of sp³-hybridized carbons (Fsp3) is 0.538. The number of benzene rings is 1. The van der Waals surface area contributed by atoms with Crippen molar-refractivity contribution >= 4 is 11.4 Å². The number of hydrogen-bond acceptors (Lipinski definition) is 4. The molecule has 5 nitrogen and oxygen atoms in total. The average Bonchev–Trinajstić information content (AvgIpc) is 2.41. The Morgan fingerprint density at radius 1 is 1.26 bits per heavy atom. The summed E-state index contributed by atoms with van der Waals surface area (Å²) in [5, 5.41) is 17.3. The second kappa shape index (κ2) is 5.97. The Hall–Kier alpha value is -1.69. The van der Waals surface area contributed by atoms with E-state index in [0.29, 0.717) is 11.7 Å². The molecule has 6 heteroatoms. The first-order valence-electron chi connectivity index (χ1n) is 6.48. The lowest BCUT2D eigenvalue weighted by molar-refractivity contribution is -0.384. The Morgan fingerprint density at radius 2 is 1.89 bits per heavy atom. The van der Waals surface area contributed by atoms with Gasteiger partial charge in [0.15, 0.2) is 0 Å². The summed E-state index contributed by atoms with van der Waals surface area (Å²) in [5.74, 6) is -0.587. The maximum Gasteiger partial charge on any atom is 0.295 e. The second-order valence-electron chi connectivity index (χ2n) is 4.90. The lowest BCUT2D eigenvalue weighted by atomic mass is 9.91. The quantitative estimate of drug-likeness (QED) is 0.650. The van der Waals surface area contributed by atoms with Crippen LogP contribution in [0.2, 0.25) is 0 Å². The van der Waals surface area contributed by atoms with Crippen LogP contribution in [0.1, 0.15) is 25.7 Å². The van der Waals surface area contributed by atoms with E-state index in [9.17, 15) is 14.5 Å². The van der Waals surface area contributed by atoms with E-state index in [1.54, 1.807) is 0 Å². The number of nitro benzene ring substituents is 1. The summed E-state index contributed by atoms with van der Waals surface area (Å²) in [4.78, 5) is 10.4. The molecule has 0 aliphatic heterocycles. The zero-order chi connectivity index (χ0) is 13.8. The van der Waals surface area contributed by atoms with Crippen LogP contribution in [0.5, 0.6) is 0 Å². The molecule has 1 saturated carbocycles. The molecule has 0 saturated heterocycles. The molecule has 0 heterocycles. The molecule has 104 valence electrons. The molecule has 2 N–H and O–H groups in total. The van der Waals surface area contributed by atoms with E-state index >= 15 is 0 Å². The molecule has 1 aromatic carbocycles. The topological polar surface area (TPSA) is 67.2 Å². The van der Waals surface area contributed by atoms with E-state index in [2.05, 4.69) is 10.6 Å². The van der Waals surface area contributed by atoms with Gasteiger partial charge in [0.05, 0.1) is 11.0 Å². The molecule has 0 unspecified atom stereocenters. The summed E-state index contributed by atoms with van der Waals surface area (Å²) in [5.41, 5.74) is 0.204. The van der Waals surface area contributed by atoms with Crippen molar-refractivity contribution in [2.24, 2.45) is 0 Å². The van der Waals surface area contributed by atoms with Crippen LogP contribution in [0.15, 0.2) is 18.2 Å². The van der Waals surface area contributed by atoms with Crippen LogP contribution in [0.4, 0.5) is 15.8 Å². The highest BCUT2D eigenvalue weighted by Gasteiger charge is 2.22. The summed E-state index contributed by atoms with van der Waals surface area (Å²) in [6.45, 7) is 0. The first-order valence-corrected chi connectivity index (χ1v) is 6.48. The van der Waals surface area contributed by atoms with Crippen LogP contribution in [-0.4, -0.2) is 24.1 Å². The van der Waals surface area contributed by atoms with Crippen molar-refractivity contribution in [1.82, 2.24) is 5.32 Å². The lowest BCUT2D eigenvalue weighted by Crippen LogP contribution is -2.35. The molecule has 2 rings (SSSR count). The van der Waals surface area contributed by atoms with Gasteiger partial charge in [0.1, 0.15) is 11.5 Å². The van der Waals surface area contributed by atoms with Crippen molar-refractivity contribution in [3.63, 3.8) is 0 Å². The van der Waals surface area contributed by atoms with Crippen molar-refractivity contribution < 1.29 is 9.31 Å². The maximum absolute atomic E-state index is 13.0. The number of hydrogen-bond donors (Lipinski definition) is 2. The minimum atomic E-state index is -0.587. The van der Waals surface area contributed by atoms with E-state index in [-0.39, 0.29) is 11.7 Å². The Kier molecular flexibility index (Phi) is 4.31. The van der Waals surface area contributed by atoms with Gasteiger partial charge in [-0.2, -0.15) is 0 Å². The molecule has 19 heavy (non-hydrogen) atoms. The van der Waals surface area contributed by atoms with E-state index in [4.69, 9.17) is 0 Å². The van der Waals surface area contributed by atoms with Crippen LogP contribution in [-0.2, 0) is 0 Å². The molecule has 1 aliphatic carbocycles. The molecule has 0 amide bonds. The van der Waals surface area contributed by atoms with Crippen molar-refractivity contribution in [2.75, 3.05) is 12.4 Å². The largest absolute Gasteiger partial charge is 0.377 e. The molecule has 0 spiro atoms. The second-order valence-corrected chi connectivity index (χ2v) is 4.90. The summed E-state index contributed by atoms with van der Waals surface area (Å²) >= 11 is 0. The van der Waals surface area contributed by atoms with Crippen molar-refractivity contribution in [1.29, 1.82) is 0 Å². The third kappa shape index (κ3) is 3.41. The highest BCUT2D eigenvalue weighted by Crippen LogP contribution is 2.29. The summed E-state index contributed by atoms with van der Waals surface area (Å²) in [7, 11) is 1.95. The number of halogens is 1. The molecule has 1 fully saturated rings. The number of nitro groups is 1. The Morgan fingerprint density at radius 3 is 2.47 bits per heavy atom. The summed E-state index contributed by atoms with van der Waals surface area (Å²) in [6, 6.07) is 4.39. The van der Waals surface area contributed by atoms with Crippen LogP contribution in [0, 0.1) is 15.9 Å². The minimum Gasteiger partial charge on any atom is -0.377 e. The molecular weight excluding hydrogens is 249 g/mol. The van der Waals surface area contributed by atoms with E-state index in [0.717, 1.165) is 31.7 Å². The molecule has 1 aromatic rings. The third-order valence-corrected chi connectivity index (χ3v) is 3.65. The zero-order valence-corrected chi connectivity index (χ0v) is 10.9. The molecule has 0 bridgehead atoms. The smallest absolute Gasteiger partial charge is 0.295 e. The monoisotopic (exact) mass is 267 g/mol. The molecule has 0 radical (unpaired) electrons. The molecule has 0 atom stereocenters. The average molecular weight is 267 g/mol. The summed E-state index contributed by atoms with van der Waals surface area (Å²) in [6.07, 6.45) is 4.01. The first kappa shape index (κ1) is 13.7. The third-order valence-electron chi connectivity index (χ3n) is 3.65. The van der Waals surface area contributed by atoms with Crippen LogP contribution >= 0.6 is 0 Å². The predicted molar refractivity (Wildman–Crippen MR) is 71.8 cm³/mol.